The van der Waals surface area contributed by atoms with E-state index in [-0.39, 0.29) is 18.1 Å². The van der Waals surface area contributed by atoms with E-state index in [9.17, 15) is 4.79 Å². The largest absolute Gasteiger partial charge is 0.497 e. The van der Waals surface area contributed by atoms with Crippen molar-refractivity contribution in [1.82, 2.24) is 30.0 Å². The van der Waals surface area contributed by atoms with E-state index in [2.05, 4.69) is 32.3 Å². The van der Waals surface area contributed by atoms with Gasteiger partial charge in [-0.1, -0.05) is 12.1 Å². The number of aromatic nitrogens is 5. The van der Waals surface area contributed by atoms with Crippen LogP contribution in [0.2, 0.25) is 0 Å². The van der Waals surface area contributed by atoms with Gasteiger partial charge in [0.1, 0.15) is 29.3 Å². The van der Waals surface area contributed by atoms with Crippen LogP contribution in [0.5, 0.6) is 11.5 Å². The number of pyridine rings is 1. The standard InChI is InChI=1S/C23H24N6O4/c1-4-5-20-27-23(33-28-20)15-8-9-24-21(10-15)29-13-18(26-14-29)22(30)25-12-16-6-7-17(31-2)11-19(16)32-3/h6-11,13-14H,4-5,12H2,1-3H3,(H,25,30). The van der Waals surface area contributed by atoms with Crippen LogP contribution in [0.25, 0.3) is 17.3 Å². The van der Waals surface area contributed by atoms with E-state index in [4.69, 9.17) is 14.0 Å². The molecule has 0 atom stereocenters. The molecule has 0 bridgehead atoms. The maximum Gasteiger partial charge on any atom is 0.271 e. The molecule has 0 saturated heterocycles. The first kappa shape index (κ1) is 22.0. The van der Waals surface area contributed by atoms with Crippen LogP contribution < -0.4 is 14.8 Å². The number of nitrogens with zero attached hydrogens (tertiary/aromatic N) is 5. The van der Waals surface area contributed by atoms with Gasteiger partial charge in [-0.05, 0) is 30.7 Å². The third-order valence-corrected chi connectivity index (χ3v) is 4.95. The summed E-state index contributed by atoms with van der Waals surface area (Å²) >= 11 is 0. The summed E-state index contributed by atoms with van der Waals surface area (Å²) in [5.74, 6) is 2.66. The van der Waals surface area contributed by atoms with E-state index in [1.165, 1.54) is 6.33 Å². The number of hydrogen-bond acceptors (Lipinski definition) is 8. The third-order valence-electron chi connectivity index (χ3n) is 4.95. The molecule has 0 unspecified atom stereocenters. The maximum absolute atomic E-state index is 12.6. The van der Waals surface area contributed by atoms with Crippen molar-refractivity contribution in [3.05, 3.63) is 66.1 Å². The summed E-state index contributed by atoms with van der Waals surface area (Å²) in [4.78, 5) is 25.6. The smallest absolute Gasteiger partial charge is 0.271 e. The van der Waals surface area contributed by atoms with Gasteiger partial charge in [-0.2, -0.15) is 4.98 Å². The Hall–Kier alpha value is -4.21. The molecule has 4 rings (SSSR count). The number of ether oxygens (including phenoxy) is 2. The molecule has 1 N–H and O–H groups in total. The number of benzene rings is 1. The van der Waals surface area contributed by atoms with Crippen molar-refractivity contribution in [1.29, 1.82) is 0 Å². The van der Waals surface area contributed by atoms with Gasteiger partial charge in [0.2, 0.25) is 0 Å². The SMILES string of the molecule is CCCc1noc(-c2ccnc(-n3cnc(C(=O)NCc4ccc(OC)cc4OC)c3)c2)n1. The first-order valence-corrected chi connectivity index (χ1v) is 10.4. The normalized spacial score (nSPS) is 10.8. The molecule has 10 heteroatoms. The number of imidazole rings is 1. The van der Waals surface area contributed by atoms with Crippen LogP contribution in [0, 0.1) is 0 Å². The van der Waals surface area contributed by atoms with Crippen molar-refractivity contribution in [3.8, 4) is 28.8 Å². The summed E-state index contributed by atoms with van der Waals surface area (Å²) in [5.41, 5.74) is 1.82. The van der Waals surface area contributed by atoms with Crippen molar-refractivity contribution in [2.75, 3.05) is 14.2 Å². The minimum Gasteiger partial charge on any atom is -0.497 e. The lowest BCUT2D eigenvalue weighted by molar-refractivity contribution is 0.0946. The molecule has 1 aromatic carbocycles. The van der Waals surface area contributed by atoms with Crippen LogP contribution in [-0.4, -0.2) is 44.8 Å². The molecule has 0 aliphatic heterocycles. The molecule has 0 spiro atoms. The lowest BCUT2D eigenvalue weighted by Gasteiger charge is -2.10. The summed E-state index contributed by atoms with van der Waals surface area (Å²) in [6.07, 6.45) is 6.48. The molecule has 0 radical (unpaired) electrons. The van der Waals surface area contributed by atoms with Crippen molar-refractivity contribution in [3.63, 3.8) is 0 Å². The number of nitrogens with one attached hydrogen (secondary N) is 1. The van der Waals surface area contributed by atoms with E-state index in [0.29, 0.717) is 29.0 Å². The monoisotopic (exact) mass is 448 g/mol. The van der Waals surface area contributed by atoms with Gasteiger partial charge < -0.3 is 19.3 Å². The first-order chi connectivity index (χ1) is 16.1. The Morgan fingerprint density at radius 3 is 2.82 bits per heavy atom. The molecule has 0 fully saturated rings. The highest BCUT2D eigenvalue weighted by molar-refractivity contribution is 5.92. The van der Waals surface area contributed by atoms with Gasteiger partial charge in [0, 0.05) is 42.6 Å². The highest BCUT2D eigenvalue weighted by Crippen LogP contribution is 2.24. The number of amides is 1. The van der Waals surface area contributed by atoms with Crippen LogP contribution in [0.15, 0.2) is 53.6 Å². The molecule has 10 nitrogen and oxygen atoms in total. The van der Waals surface area contributed by atoms with Crippen molar-refractivity contribution >= 4 is 5.91 Å². The number of methoxy groups -OCH3 is 2. The molecule has 4 aromatic rings. The van der Waals surface area contributed by atoms with Crippen molar-refractivity contribution in [2.45, 2.75) is 26.3 Å². The Morgan fingerprint density at radius 1 is 1.15 bits per heavy atom. The topological polar surface area (TPSA) is 117 Å². The second-order valence-electron chi connectivity index (χ2n) is 7.20. The molecule has 0 aliphatic rings. The van der Waals surface area contributed by atoms with Gasteiger partial charge in [-0.3, -0.25) is 9.36 Å². The number of aryl methyl sites for hydroxylation is 1. The highest BCUT2D eigenvalue weighted by Gasteiger charge is 2.14. The van der Waals surface area contributed by atoms with Gasteiger partial charge in [-0.25, -0.2) is 9.97 Å². The predicted octanol–water partition coefficient (Wildman–Crippen LogP) is 3.22. The van der Waals surface area contributed by atoms with Crippen LogP contribution >= 0.6 is 0 Å². The van der Waals surface area contributed by atoms with Crippen LogP contribution in [0.1, 0.15) is 35.2 Å². The quantitative estimate of drug-likeness (QED) is 0.415. The van der Waals surface area contributed by atoms with Crippen LogP contribution in [0.3, 0.4) is 0 Å². The Balaban J connectivity index is 1.46. The second kappa shape index (κ2) is 9.94. The first-order valence-electron chi connectivity index (χ1n) is 10.4. The zero-order chi connectivity index (χ0) is 23.2. The summed E-state index contributed by atoms with van der Waals surface area (Å²) in [5, 5.41) is 6.84. The van der Waals surface area contributed by atoms with Gasteiger partial charge in [0.15, 0.2) is 5.82 Å². The maximum atomic E-state index is 12.6. The Kier molecular flexibility index (Phi) is 6.63. The Labute approximate surface area is 190 Å². The molecule has 170 valence electrons. The third kappa shape index (κ3) is 5.00. The minimum atomic E-state index is -0.316. The van der Waals surface area contributed by atoms with Gasteiger partial charge in [-0.15, -0.1) is 0 Å². The lowest BCUT2D eigenvalue weighted by atomic mass is 10.2. The average molecular weight is 448 g/mol. The molecular formula is C23H24N6O4. The zero-order valence-electron chi connectivity index (χ0n) is 18.6. The summed E-state index contributed by atoms with van der Waals surface area (Å²) in [6.45, 7) is 2.34. The molecule has 33 heavy (non-hydrogen) atoms. The van der Waals surface area contributed by atoms with E-state index in [0.717, 1.165) is 24.0 Å². The fourth-order valence-electron chi connectivity index (χ4n) is 3.22. The molecular weight excluding hydrogens is 424 g/mol. The van der Waals surface area contributed by atoms with Crippen molar-refractivity contribution in [2.24, 2.45) is 0 Å². The molecule has 3 aromatic heterocycles. The average Bonchev–Trinajstić information content (AvgIpc) is 3.53. The molecule has 3 heterocycles. The summed E-state index contributed by atoms with van der Waals surface area (Å²) in [7, 11) is 3.16. The number of hydrogen-bond donors (Lipinski definition) is 1. The lowest BCUT2D eigenvalue weighted by Crippen LogP contribution is -2.23. The highest BCUT2D eigenvalue weighted by atomic mass is 16.5. The number of carbonyl (C=O) groups excluding carboxylic acids is 1. The Morgan fingerprint density at radius 2 is 2.03 bits per heavy atom. The molecule has 1 amide bonds. The molecule has 0 saturated carbocycles. The fourth-order valence-corrected chi connectivity index (χ4v) is 3.22. The Bertz CT molecular complexity index is 1250. The summed E-state index contributed by atoms with van der Waals surface area (Å²) in [6, 6.07) is 9.01. The van der Waals surface area contributed by atoms with Crippen LogP contribution in [0.4, 0.5) is 0 Å². The zero-order valence-corrected chi connectivity index (χ0v) is 18.6. The van der Waals surface area contributed by atoms with Crippen molar-refractivity contribution < 1.29 is 18.8 Å². The van der Waals surface area contributed by atoms with E-state index >= 15 is 0 Å². The molecule has 0 aliphatic carbocycles. The van der Waals surface area contributed by atoms with E-state index < -0.39 is 0 Å². The fraction of sp³-hybridized carbons (Fsp3) is 0.261. The summed E-state index contributed by atoms with van der Waals surface area (Å²) < 4.78 is 17.6. The van der Waals surface area contributed by atoms with Crippen LogP contribution in [-0.2, 0) is 13.0 Å². The van der Waals surface area contributed by atoms with Gasteiger partial charge >= 0.3 is 0 Å². The second-order valence-corrected chi connectivity index (χ2v) is 7.20. The van der Waals surface area contributed by atoms with Gasteiger partial charge in [0.05, 0.1) is 14.2 Å². The minimum absolute atomic E-state index is 0.262. The number of rotatable bonds is 9. The number of carbonyl (C=O) groups is 1. The van der Waals surface area contributed by atoms with E-state index in [1.54, 1.807) is 49.4 Å². The van der Waals surface area contributed by atoms with Gasteiger partial charge in [0.25, 0.3) is 11.8 Å². The van der Waals surface area contributed by atoms with E-state index in [1.807, 2.05) is 12.1 Å². The predicted molar refractivity (Wildman–Crippen MR) is 119 cm³/mol.